The fraction of sp³-hybridized carbons (Fsp3) is 0.308. The van der Waals surface area contributed by atoms with Crippen molar-refractivity contribution in [2.45, 2.75) is 25.4 Å². The molecule has 0 amide bonds. The van der Waals surface area contributed by atoms with Gasteiger partial charge in [0.1, 0.15) is 0 Å². The van der Waals surface area contributed by atoms with Gasteiger partial charge in [-0.05, 0) is 25.5 Å². The molecule has 2 aromatic rings. The molecule has 2 N–H and O–H groups in total. The molecule has 1 unspecified atom stereocenters. The summed E-state index contributed by atoms with van der Waals surface area (Å²) in [6.45, 7) is 4.29. The molecule has 3 nitrogen and oxygen atoms in total. The molecule has 1 saturated heterocycles. The smallest absolute Gasteiger partial charge is 0.248 e. The van der Waals surface area contributed by atoms with Crippen LogP contribution in [0, 0.1) is 0 Å². The highest BCUT2D eigenvalue weighted by Gasteiger charge is 2.46. The summed E-state index contributed by atoms with van der Waals surface area (Å²) in [6, 6.07) is 9.92. The highest BCUT2D eigenvalue weighted by molar-refractivity contribution is 5.83. The summed E-state index contributed by atoms with van der Waals surface area (Å²) in [4.78, 5) is 14.4. The summed E-state index contributed by atoms with van der Waals surface area (Å²) in [5.74, 6) is 0. The van der Waals surface area contributed by atoms with E-state index in [0.29, 0.717) is 6.04 Å². The van der Waals surface area contributed by atoms with E-state index in [-0.39, 0.29) is 11.1 Å². The molecule has 1 fully saturated rings. The Labute approximate surface area is 93.5 Å². The third-order valence-electron chi connectivity index (χ3n) is 3.25. The quantitative estimate of drug-likeness (QED) is 0.713. The molecule has 3 rings (SSSR count). The molecule has 3 heteroatoms. The SMILES string of the molecule is CC1(C)NC1c1cc(=O)[nH]c2ccccc12. The highest BCUT2D eigenvalue weighted by atomic mass is 16.1. The average molecular weight is 214 g/mol. The number of aromatic nitrogens is 1. The molecular weight excluding hydrogens is 200 g/mol. The van der Waals surface area contributed by atoms with Crippen LogP contribution in [0.25, 0.3) is 10.9 Å². The second kappa shape index (κ2) is 2.95. The number of pyridine rings is 1. The Morgan fingerprint density at radius 2 is 1.94 bits per heavy atom. The molecule has 82 valence electrons. The predicted octanol–water partition coefficient (Wildman–Crippen LogP) is 1.95. The number of H-pyrrole nitrogens is 1. The Bertz CT molecular complexity index is 613. The van der Waals surface area contributed by atoms with Crippen molar-refractivity contribution < 1.29 is 0 Å². The molecule has 1 aromatic heterocycles. The van der Waals surface area contributed by atoms with Gasteiger partial charge in [-0.1, -0.05) is 18.2 Å². The summed E-state index contributed by atoms with van der Waals surface area (Å²) >= 11 is 0. The van der Waals surface area contributed by atoms with Gasteiger partial charge in [0.15, 0.2) is 0 Å². The topological polar surface area (TPSA) is 54.8 Å². The molecule has 0 aliphatic carbocycles. The van der Waals surface area contributed by atoms with Crippen LogP contribution in [0.1, 0.15) is 25.5 Å². The average Bonchev–Trinajstić information content (AvgIpc) is 2.86. The van der Waals surface area contributed by atoms with Gasteiger partial charge in [0.05, 0.1) is 6.04 Å². The monoisotopic (exact) mass is 214 g/mol. The van der Waals surface area contributed by atoms with Crippen LogP contribution in [0.4, 0.5) is 0 Å². The zero-order chi connectivity index (χ0) is 11.3. The number of aromatic amines is 1. The van der Waals surface area contributed by atoms with Crippen LogP contribution in [0.3, 0.4) is 0 Å². The third kappa shape index (κ3) is 1.36. The van der Waals surface area contributed by atoms with Crippen LogP contribution < -0.4 is 10.9 Å². The number of fused-ring (bicyclic) bond motifs is 1. The fourth-order valence-electron chi connectivity index (χ4n) is 2.27. The lowest BCUT2D eigenvalue weighted by Gasteiger charge is -2.05. The molecule has 1 aliphatic heterocycles. The Morgan fingerprint density at radius 1 is 1.25 bits per heavy atom. The van der Waals surface area contributed by atoms with Crippen LogP contribution in [0.15, 0.2) is 35.1 Å². The van der Waals surface area contributed by atoms with E-state index in [1.54, 1.807) is 6.07 Å². The maximum absolute atomic E-state index is 11.6. The van der Waals surface area contributed by atoms with E-state index >= 15 is 0 Å². The largest absolute Gasteiger partial charge is 0.322 e. The maximum Gasteiger partial charge on any atom is 0.248 e. The van der Waals surface area contributed by atoms with Crippen molar-refractivity contribution in [2.75, 3.05) is 0 Å². The summed E-state index contributed by atoms with van der Waals surface area (Å²) in [5, 5.41) is 4.52. The number of nitrogens with one attached hydrogen (secondary N) is 2. The Morgan fingerprint density at radius 3 is 2.62 bits per heavy atom. The molecule has 0 bridgehead atoms. The maximum atomic E-state index is 11.6. The number of hydrogen-bond donors (Lipinski definition) is 2. The number of rotatable bonds is 1. The molecule has 1 aliphatic rings. The molecule has 0 radical (unpaired) electrons. The minimum absolute atomic E-state index is 0.0294. The molecule has 0 saturated carbocycles. The Hall–Kier alpha value is -1.61. The first-order chi connectivity index (χ1) is 7.58. The van der Waals surface area contributed by atoms with Crippen molar-refractivity contribution in [1.82, 2.24) is 10.3 Å². The van der Waals surface area contributed by atoms with Crippen LogP contribution in [0.5, 0.6) is 0 Å². The van der Waals surface area contributed by atoms with E-state index in [1.165, 1.54) is 0 Å². The zero-order valence-electron chi connectivity index (χ0n) is 9.37. The standard InChI is InChI=1S/C13H14N2O/c1-13(2)12(15-13)9-7-11(16)14-10-6-4-3-5-8(9)10/h3-7,12,15H,1-2H3,(H,14,16). The van der Waals surface area contributed by atoms with Gasteiger partial charge in [-0.15, -0.1) is 0 Å². The van der Waals surface area contributed by atoms with Gasteiger partial charge < -0.3 is 10.3 Å². The van der Waals surface area contributed by atoms with Crippen LogP contribution in [0.2, 0.25) is 0 Å². The lowest BCUT2D eigenvalue weighted by Crippen LogP contribution is -2.08. The van der Waals surface area contributed by atoms with E-state index in [4.69, 9.17) is 0 Å². The van der Waals surface area contributed by atoms with Crippen molar-refractivity contribution >= 4 is 10.9 Å². The van der Waals surface area contributed by atoms with E-state index in [9.17, 15) is 4.79 Å². The van der Waals surface area contributed by atoms with Gasteiger partial charge in [0, 0.05) is 22.5 Å². The number of hydrogen-bond acceptors (Lipinski definition) is 2. The molecular formula is C13H14N2O. The Kier molecular flexibility index (Phi) is 1.77. The fourth-order valence-corrected chi connectivity index (χ4v) is 2.27. The van der Waals surface area contributed by atoms with E-state index in [0.717, 1.165) is 16.5 Å². The van der Waals surface area contributed by atoms with Crippen LogP contribution >= 0.6 is 0 Å². The predicted molar refractivity (Wildman–Crippen MR) is 64.5 cm³/mol. The zero-order valence-corrected chi connectivity index (χ0v) is 9.37. The van der Waals surface area contributed by atoms with Crippen molar-refractivity contribution in [3.05, 3.63) is 46.2 Å². The van der Waals surface area contributed by atoms with Gasteiger partial charge >= 0.3 is 0 Å². The second-order valence-electron chi connectivity index (χ2n) is 4.93. The first-order valence-electron chi connectivity index (χ1n) is 5.47. The van der Waals surface area contributed by atoms with Crippen molar-refractivity contribution in [2.24, 2.45) is 0 Å². The van der Waals surface area contributed by atoms with Gasteiger partial charge in [-0.25, -0.2) is 0 Å². The van der Waals surface area contributed by atoms with E-state index in [1.807, 2.05) is 18.2 Å². The third-order valence-corrected chi connectivity index (χ3v) is 3.25. The molecule has 1 aromatic carbocycles. The van der Waals surface area contributed by atoms with Crippen molar-refractivity contribution in [3.8, 4) is 0 Å². The van der Waals surface area contributed by atoms with Gasteiger partial charge in [0.2, 0.25) is 5.56 Å². The highest BCUT2D eigenvalue weighted by Crippen LogP contribution is 2.41. The van der Waals surface area contributed by atoms with Gasteiger partial charge in [-0.2, -0.15) is 0 Å². The first-order valence-corrected chi connectivity index (χ1v) is 5.47. The summed E-state index contributed by atoms with van der Waals surface area (Å²) in [7, 11) is 0. The minimum Gasteiger partial charge on any atom is -0.322 e. The van der Waals surface area contributed by atoms with Crippen LogP contribution in [-0.4, -0.2) is 10.5 Å². The molecule has 0 spiro atoms. The molecule has 2 heterocycles. The molecule has 1 atom stereocenters. The van der Waals surface area contributed by atoms with E-state index in [2.05, 4.69) is 30.2 Å². The normalized spacial score (nSPS) is 22.2. The summed E-state index contributed by atoms with van der Waals surface area (Å²) in [5.41, 5.74) is 2.09. The van der Waals surface area contributed by atoms with Crippen molar-refractivity contribution in [1.29, 1.82) is 0 Å². The number of para-hydroxylation sites is 1. The minimum atomic E-state index is -0.0294. The first kappa shape index (κ1) is 9.60. The van der Waals surface area contributed by atoms with Crippen LogP contribution in [-0.2, 0) is 0 Å². The summed E-state index contributed by atoms with van der Waals surface area (Å²) in [6.07, 6.45) is 0. The lowest BCUT2D eigenvalue weighted by molar-refractivity contribution is 0.755. The lowest BCUT2D eigenvalue weighted by atomic mass is 9.99. The molecule has 16 heavy (non-hydrogen) atoms. The number of benzene rings is 1. The summed E-state index contributed by atoms with van der Waals surface area (Å²) < 4.78 is 0. The van der Waals surface area contributed by atoms with E-state index < -0.39 is 0 Å². The van der Waals surface area contributed by atoms with Gasteiger partial charge in [0.25, 0.3) is 0 Å². The van der Waals surface area contributed by atoms with Gasteiger partial charge in [-0.3, -0.25) is 4.79 Å². The second-order valence-corrected chi connectivity index (χ2v) is 4.93. The Balaban J connectivity index is 2.28. The van der Waals surface area contributed by atoms with Crippen molar-refractivity contribution in [3.63, 3.8) is 0 Å².